The van der Waals surface area contributed by atoms with E-state index in [1.807, 2.05) is 39.9 Å². The lowest BCUT2D eigenvalue weighted by atomic mass is 9.95. The Balaban J connectivity index is 1.42. The minimum Gasteiger partial charge on any atom is -0.337 e. The van der Waals surface area contributed by atoms with Gasteiger partial charge in [-0.3, -0.25) is 9.20 Å². The summed E-state index contributed by atoms with van der Waals surface area (Å²) in [7, 11) is 4.17. The molecule has 4 rings (SSSR count). The van der Waals surface area contributed by atoms with E-state index in [0.717, 1.165) is 50.5 Å². The number of fused-ring (bicyclic) bond motifs is 1. The number of piperidine rings is 1. The van der Waals surface area contributed by atoms with Gasteiger partial charge >= 0.3 is 0 Å². The maximum absolute atomic E-state index is 13.0. The quantitative estimate of drug-likeness (QED) is 0.694. The lowest BCUT2D eigenvalue weighted by Gasteiger charge is -2.32. The summed E-state index contributed by atoms with van der Waals surface area (Å²) in [6, 6.07) is 5.77. The van der Waals surface area contributed by atoms with Gasteiger partial charge in [0, 0.05) is 50.7 Å². The molecule has 0 unspecified atom stereocenters. The number of likely N-dealkylation sites (tertiary alicyclic amines) is 1. The van der Waals surface area contributed by atoms with E-state index in [-0.39, 0.29) is 5.91 Å². The molecule has 0 radical (unpaired) electrons. The molecule has 1 aliphatic rings. The highest BCUT2D eigenvalue weighted by molar-refractivity contribution is 5.93. The van der Waals surface area contributed by atoms with Gasteiger partial charge in [-0.15, -0.1) is 0 Å². The van der Waals surface area contributed by atoms with E-state index in [0.29, 0.717) is 11.6 Å². The molecule has 0 bridgehead atoms. The van der Waals surface area contributed by atoms with Crippen LogP contribution >= 0.6 is 0 Å². The highest BCUT2D eigenvalue weighted by atomic mass is 16.2. The van der Waals surface area contributed by atoms with Crippen LogP contribution in [0.25, 0.3) is 5.65 Å². The Morgan fingerprint density at radius 1 is 1.19 bits per heavy atom. The van der Waals surface area contributed by atoms with Gasteiger partial charge in [0.1, 0.15) is 17.2 Å². The molecule has 7 heteroatoms. The van der Waals surface area contributed by atoms with Crippen molar-refractivity contribution < 1.29 is 4.79 Å². The van der Waals surface area contributed by atoms with E-state index in [1.165, 1.54) is 0 Å². The maximum atomic E-state index is 13.0. The fourth-order valence-electron chi connectivity index (χ4n) is 3.77. The number of likely N-dealkylation sites (N-methyl/N-ethyl adjacent to an activating group) is 1. The summed E-state index contributed by atoms with van der Waals surface area (Å²) < 4.78 is 4.12. The second-order valence-electron chi connectivity index (χ2n) is 7.42. The van der Waals surface area contributed by atoms with Gasteiger partial charge in [-0.05, 0) is 39.1 Å². The number of nitrogens with zero attached hydrogens (tertiary/aromatic N) is 6. The summed E-state index contributed by atoms with van der Waals surface area (Å²) in [4.78, 5) is 26.0. The molecule has 0 spiro atoms. The van der Waals surface area contributed by atoms with Crippen molar-refractivity contribution in [3.8, 4) is 0 Å². The summed E-state index contributed by atoms with van der Waals surface area (Å²) in [6.45, 7) is 3.45. The van der Waals surface area contributed by atoms with Crippen molar-refractivity contribution in [1.82, 2.24) is 28.7 Å². The van der Waals surface area contributed by atoms with Gasteiger partial charge < -0.3 is 14.4 Å². The van der Waals surface area contributed by atoms with Gasteiger partial charge in [-0.1, -0.05) is 6.07 Å². The number of aromatic nitrogens is 4. The number of hydrogen-bond acceptors (Lipinski definition) is 4. The molecular formula is C20H26N6O. The molecule has 142 valence electrons. The molecule has 1 amide bonds. The Bertz CT molecular complexity index is 919. The lowest BCUT2D eigenvalue weighted by molar-refractivity contribution is 0.0703. The van der Waals surface area contributed by atoms with Crippen LogP contribution in [0.4, 0.5) is 0 Å². The van der Waals surface area contributed by atoms with Gasteiger partial charge in [0.15, 0.2) is 0 Å². The van der Waals surface area contributed by atoms with Crippen LogP contribution in [0.15, 0.2) is 43.0 Å². The van der Waals surface area contributed by atoms with Gasteiger partial charge in [-0.25, -0.2) is 9.97 Å². The van der Waals surface area contributed by atoms with E-state index in [4.69, 9.17) is 0 Å². The molecule has 0 saturated carbocycles. The van der Waals surface area contributed by atoms with Gasteiger partial charge in [-0.2, -0.15) is 0 Å². The first kappa shape index (κ1) is 17.7. The van der Waals surface area contributed by atoms with Crippen molar-refractivity contribution in [2.24, 2.45) is 0 Å². The zero-order valence-corrected chi connectivity index (χ0v) is 16.0. The fourth-order valence-corrected chi connectivity index (χ4v) is 3.77. The smallest absolute Gasteiger partial charge is 0.272 e. The van der Waals surface area contributed by atoms with Crippen LogP contribution in [0, 0.1) is 0 Å². The summed E-state index contributed by atoms with van der Waals surface area (Å²) in [5.74, 6) is 1.62. The molecule has 3 aromatic rings. The zero-order chi connectivity index (χ0) is 18.8. The normalized spacial score (nSPS) is 15.7. The number of carbonyl (C=O) groups excluding carboxylic acids is 1. The van der Waals surface area contributed by atoms with Crippen LogP contribution in [0.3, 0.4) is 0 Å². The molecule has 1 aliphatic heterocycles. The average Bonchev–Trinajstić information content (AvgIpc) is 3.33. The third-order valence-corrected chi connectivity index (χ3v) is 5.32. The molecule has 1 saturated heterocycles. The zero-order valence-electron chi connectivity index (χ0n) is 16.0. The van der Waals surface area contributed by atoms with E-state index in [9.17, 15) is 4.79 Å². The highest BCUT2D eigenvalue weighted by Crippen LogP contribution is 2.27. The summed E-state index contributed by atoms with van der Waals surface area (Å²) in [6.07, 6.45) is 9.42. The van der Waals surface area contributed by atoms with Crippen molar-refractivity contribution in [2.45, 2.75) is 25.3 Å². The Kier molecular flexibility index (Phi) is 4.94. The minimum atomic E-state index is 0.0584. The van der Waals surface area contributed by atoms with Crippen LogP contribution < -0.4 is 0 Å². The largest absolute Gasteiger partial charge is 0.337 e. The van der Waals surface area contributed by atoms with Crippen molar-refractivity contribution in [3.05, 3.63) is 54.5 Å². The Hall–Kier alpha value is -2.67. The van der Waals surface area contributed by atoms with Crippen LogP contribution in [-0.2, 0) is 6.54 Å². The number of hydrogen-bond donors (Lipinski definition) is 0. The molecule has 7 nitrogen and oxygen atoms in total. The monoisotopic (exact) mass is 366 g/mol. The first-order valence-corrected chi connectivity index (χ1v) is 9.50. The molecular weight excluding hydrogens is 340 g/mol. The topological polar surface area (TPSA) is 58.7 Å². The number of amides is 1. The summed E-state index contributed by atoms with van der Waals surface area (Å²) in [5, 5.41) is 0. The predicted molar refractivity (Wildman–Crippen MR) is 104 cm³/mol. The third kappa shape index (κ3) is 3.60. The van der Waals surface area contributed by atoms with Crippen molar-refractivity contribution in [2.75, 3.05) is 33.7 Å². The van der Waals surface area contributed by atoms with Crippen molar-refractivity contribution >= 4 is 11.6 Å². The molecule has 4 heterocycles. The average molecular weight is 366 g/mol. The first-order chi connectivity index (χ1) is 13.1. The van der Waals surface area contributed by atoms with E-state index in [1.54, 1.807) is 6.20 Å². The van der Waals surface area contributed by atoms with Crippen molar-refractivity contribution in [3.63, 3.8) is 0 Å². The van der Waals surface area contributed by atoms with Crippen LogP contribution in [0.5, 0.6) is 0 Å². The SMILES string of the molecule is CN(C)CCn1ccnc1C1CCN(C(=O)c2cnc3ccccn23)CC1. The highest BCUT2D eigenvalue weighted by Gasteiger charge is 2.28. The molecule has 0 aromatic carbocycles. The summed E-state index contributed by atoms with van der Waals surface area (Å²) >= 11 is 0. The number of carbonyl (C=O) groups is 1. The number of pyridine rings is 1. The van der Waals surface area contributed by atoms with Gasteiger partial charge in [0.2, 0.25) is 0 Å². The molecule has 1 fully saturated rings. The van der Waals surface area contributed by atoms with Gasteiger partial charge in [0.05, 0.1) is 6.20 Å². The number of rotatable bonds is 5. The predicted octanol–water partition coefficient (Wildman–Crippen LogP) is 2.11. The van der Waals surface area contributed by atoms with E-state index >= 15 is 0 Å². The number of imidazole rings is 2. The lowest BCUT2D eigenvalue weighted by Crippen LogP contribution is -2.39. The first-order valence-electron chi connectivity index (χ1n) is 9.50. The van der Waals surface area contributed by atoms with E-state index in [2.05, 4.69) is 39.7 Å². The second-order valence-corrected chi connectivity index (χ2v) is 7.42. The van der Waals surface area contributed by atoms with Crippen LogP contribution in [0.2, 0.25) is 0 Å². The molecule has 27 heavy (non-hydrogen) atoms. The van der Waals surface area contributed by atoms with E-state index < -0.39 is 0 Å². The molecule has 0 aliphatic carbocycles. The van der Waals surface area contributed by atoms with Gasteiger partial charge in [0.25, 0.3) is 5.91 Å². The molecule has 0 N–H and O–H groups in total. The van der Waals surface area contributed by atoms with Crippen molar-refractivity contribution in [1.29, 1.82) is 0 Å². The molecule has 3 aromatic heterocycles. The fraction of sp³-hybridized carbons (Fsp3) is 0.450. The Morgan fingerprint density at radius 2 is 2.00 bits per heavy atom. The third-order valence-electron chi connectivity index (χ3n) is 5.32. The standard InChI is InChI=1S/C20H26N6O/c1-23(2)13-14-24-12-8-21-19(24)16-6-10-25(11-7-16)20(27)17-15-22-18-5-3-4-9-26(17)18/h3-5,8-9,12,15-16H,6-7,10-11,13-14H2,1-2H3. The second kappa shape index (κ2) is 7.52. The Labute approximate surface area is 159 Å². The minimum absolute atomic E-state index is 0.0584. The van der Waals surface area contributed by atoms with Crippen LogP contribution in [-0.4, -0.2) is 68.4 Å². The summed E-state index contributed by atoms with van der Waals surface area (Å²) in [5.41, 5.74) is 1.44. The maximum Gasteiger partial charge on any atom is 0.272 e. The molecule has 0 atom stereocenters. The Morgan fingerprint density at radius 3 is 2.78 bits per heavy atom. The van der Waals surface area contributed by atoms with Crippen LogP contribution in [0.1, 0.15) is 35.1 Å².